The molecule has 2 aromatic rings. The molecule has 0 N–H and O–H groups in total. The first-order valence-electron chi connectivity index (χ1n) is 3.82. The van der Waals surface area contributed by atoms with Crippen LogP contribution in [-0.4, -0.2) is 14.6 Å². The third-order valence-corrected chi connectivity index (χ3v) is 1.87. The number of nitriles is 1. The molecule has 0 aliphatic rings. The normalized spacial score (nSPS) is 11.6. The van der Waals surface area contributed by atoms with Crippen molar-refractivity contribution in [2.45, 2.75) is 6.18 Å². The highest BCUT2D eigenvalue weighted by Crippen LogP contribution is 2.35. The maximum absolute atomic E-state index is 12.6. The topological polar surface area (TPSA) is 54.0 Å². The largest absolute Gasteiger partial charge is 0.419 e. The summed E-state index contributed by atoms with van der Waals surface area (Å²) in [5.74, 6) is 0. The second kappa shape index (κ2) is 2.95. The maximum atomic E-state index is 12.6. The fourth-order valence-electron chi connectivity index (χ4n) is 1.30. The second-order valence-electron chi connectivity index (χ2n) is 2.77. The summed E-state index contributed by atoms with van der Waals surface area (Å²) in [5, 5.41) is 12.1. The van der Waals surface area contributed by atoms with Crippen molar-refractivity contribution in [3.63, 3.8) is 0 Å². The Morgan fingerprint density at radius 1 is 1.40 bits per heavy atom. The van der Waals surface area contributed by atoms with Crippen molar-refractivity contribution in [2.75, 3.05) is 0 Å². The average molecular weight is 212 g/mol. The molecule has 0 spiro atoms. The Kier molecular flexibility index (Phi) is 1.86. The van der Waals surface area contributed by atoms with E-state index in [1.807, 2.05) is 0 Å². The van der Waals surface area contributed by atoms with Gasteiger partial charge in [-0.2, -0.15) is 23.5 Å². The van der Waals surface area contributed by atoms with Crippen LogP contribution in [0.25, 0.3) is 5.52 Å². The number of aromatic nitrogens is 3. The number of rotatable bonds is 0. The van der Waals surface area contributed by atoms with Crippen LogP contribution in [0.1, 0.15) is 11.1 Å². The number of fused-ring (bicyclic) bond motifs is 1. The molecule has 0 amide bonds. The molecule has 0 aliphatic carbocycles. The molecule has 0 aliphatic heterocycles. The van der Waals surface area contributed by atoms with E-state index >= 15 is 0 Å². The first kappa shape index (κ1) is 9.45. The van der Waals surface area contributed by atoms with Crippen molar-refractivity contribution in [1.82, 2.24) is 14.6 Å². The van der Waals surface area contributed by atoms with Gasteiger partial charge in [0, 0.05) is 6.20 Å². The zero-order chi connectivity index (χ0) is 11.1. The fourth-order valence-corrected chi connectivity index (χ4v) is 1.30. The second-order valence-corrected chi connectivity index (χ2v) is 2.77. The lowest BCUT2D eigenvalue weighted by molar-refractivity contribution is -0.136. The molecule has 4 nitrogen and oxygen atoms in total. The Hall–Kier alpha value is -2.10. The van der Waals surface area contributed by atoms with Crippen LogP contribution in [0, 0.1) is 11.3 Å². The average Bonchev–Trinajstić information content (AvgIpc) is 2.54. The van der Waals surface area contributed by atoms with Crippen molar-refractivity contribution in [3.05, 3.63) is 29.8 Å². The number of hydrogen-bond donors (Lipinski definition) is 0. The van der Waals surface area contributed by atoms with Gasteiger partial charge in [-0.25, -0.2) is 9.50 Å². The van der Waals surface area contributed by atoms with Crippen LogP contribution < -0.4 is 0 Å². The number of nitrogens with zero attached hydrogens (tertiary/aromatic N) is 4. The third kappa shape index (κ3) is 1.40. The quantitative estimate of drug-likeness (QED) is 0.666. The molecule has 76 valence electrons. The van der Waals surface area contributed by atoms with E-state index in [0.717, 1.165) is 23.2 Å². The van der Waals surface area contributed by atoms with Crippen LogP contribution in [0.15, 0.2) is 18.7 Å². The Labute approximate surface area is 81.6 Å². The summed E-state index contributed by atoms with van der Waals surface area (Å²) in [4.78, 5) is 3.49. The van der Waals surface area contributed by atoms with Gasteiger partial charge in [0.05, 0.1) is 17.3 Å². The molecular formula is C8H3F3N4. The molecule has 15 heavy (non-hydrogen) atoms. The highest BCUT2D eigenvalue weighted by atomic mass is 19.4. The van der Waals surface area contributed by atoms with Gasteiger partial charge in [-0.15, -0.1) is 0 Å². The van der Waals surface area contributed by atoms with E-state index in [1.54, 1.807) is 0 Å². The van der Waals surface area contributed by atoms with E-state index in [-0.39, 0.29) is 5.52 Å². The van der Waals surface area contributed by atoms with Crippen molar-refractivity contribution in [2.24, 2.45) is 0 Å². The molecule has 0 unspecified atom stereocenters. The molecule has 0 atom stereocenters. The van der Waals surface area contributed by atoms with Crippen LogP contribution in [-0.2, 0) is 6.18 Å². The molecular weight excluding hydrogens is 209 g/mol. The molecule has 0 radical (unpaired) electrons. The maximum Gasteiger partial charge on any atom is 0.419 e. The van der Waals surface area contributed by atoms with Crippen molar-refractivity contribution >= 4 is 5.52 Å². The van der Waals surface area contributed by atoms with Gasteiger partial charge in [0.15, 0.2) is 0 Å². The molecule has 2 rings (SSSR count). The van der Waals surface area contributed by atoms with Gasteiger partial charge in [-0.1, -0.05) is 0 Å². The van der Waals surface area contributed by atoms with E-state index in [9.17, 15) is 13.2 Å². The van der Waals surface area contributed by atoms with Crippen LogP contribution in [0.2, 0.25) is 0 Å². The summed E-state index contributed by atoms with van der Waals surface area (Å²) in [6.07, 6.45) is -1.42. The molecule has 7 heteroatoms. The van der Waals surface area contributed by atoms with E-state index < -0.39 is 17.3 Å². The van der Waals surface area contributed by atoms with E-state index in [4.69, 9.17) is 5.26 Å². The summed E-state index contributed by atoms with van der Waals surface area (Å²) in [6.45, 7) is 0. The zero-order valence-electron chi connectivity index (χ0n) is 7.15. The molecule has 2 heterocycles. The van der Waals surface area contributed by atoms with Gasteiger partial charge in [0.2, 0.25) is 0 Å². The van der Waals surface area contributed by atoms with Crippen LogP contribution in [0.5, 0.6) is 0 Å². The minimum Gasteiger partial charge on any atom is -0.241 e. The van der Waals surface area contributed by atoms with Crippen LogP contribution in [0.4, 0.5) is 13.2 Å². The van der Waals surface area contributed by atoms with Crippen molar-refractivity contribution in [1.29, 1.82) is 5.26 Å². The SMILES string of the molecule is N#Cc1cn2ncncc2c1C(F)(F)F. The predicted octanol–water partition coefficient (Wildman–Crippen LogP) is 1.62. The smallest absolute Gasteiger partial charge is 0.241 e. The van der Waals surface area contributed by atoms with Gasteiger partial charge in [-0.05, 0) is 0 Å². The molecule has 0 fully saturated rings. The lowest BCUT2D eigenvalue weighted by Gasteiger charge is -2.04. The van der Waals surface area contributed by atoms with Gasteiger partial charge in [0.25, 0.3) is 0 Å². The summed E-state index contributed by atoms with van der Waals surface area (Å²) in [6, 6.07) is 1.48. The Bertz CT molecular complexity index is 549. The molecule has 0 bridgehead atoms. The van der Waals surface area contributed by atoms with Crippen molar-refractivity contribution in [3.8, 4) is 6.07 Å². The summed E-state index contributed by atoms with van der Waals surface area (Å²) >= 11 is 0. The third-order valence-electron chi connectivity index (χ3n) is 1.87. The predicted molar refractivity (Wildman–Crippen MR) is 42.7 cm³/mol. The summed E-state index contributed by atoms with van der Waals surface area (Å²) in [7, 11) is 0. The Morgan fingerprint density at radius 3 is 2.73 bits per heavy atom. The fraction of sp³-hybridized carbons (Fsp3) is 0.125. The monoisotopic (exact) mass is 212 g/mol. The minimum atomic E-state index is -4.58. The van der Waals surface area contributed by atoms with Crippen LogP contribution in [0.3, 0.4) is 0 Å². The van der Waals surface area contributed by atoms with E-state index in [1.165, 1.54) is 6.07 Å². The Morgan fingerprint density at radius 2 is 2.13 bits per heavy atom. The molecule has 0 aromatic carbocycles. The number of halogens is 3. The van der Waals surface area contributed by atoms with E-state index in [0.29, 0.717) is 0 Å². The number of hydrogen-bond acceptors (Lipinski definition) is 3. The lowest BCUT2D eigenvalue weighted by atomic mass is 10.2. The highest BCUT2D eigenvalue weighted by molar-refractivity contribution is 5.61. The van der Waals surface area contributed by atoms with Crippen molar-refractivity contribution < 1.29 is 13.2 Å². The standard InChI is InChI=1S/C8H3F3N4/c9-8(10,11)7-5(1-12)3-15-6(7)2-13-4-14-15/h2-4H. The molecule has 2 aromatic heterocycles. The first-order chi connectivity index (χ1) is 7.04. The first-order valence-corrected chi connectivity index (χ1v) is 3.82. The summed E-state index contributed by atoms with van der Waals surface area (Å²) in [5.41, 5.74) is -1.67. The number of alkyl halides is 3. The summed E-state index contributed by atoms with van der Waals surface area (Å²) < 4.78 is 38.7. The highest BCUT2D eigenvalue weighted by Gasteiger charge is 2.37. The van der Waals surface area contributed by atoms with Gasteiger partial charge < -0.3 is 0 Å². The molecule has 0 saturated carbocycles. The van der Waals surface area contributed by atoms with E-state index in [2.05, 4.69) is 10.1 Å². The minimum absolute atomic E-state index is 0.221. The van der Waals surface area contributed by atoms with Gasteiger partial charge in [-0.3, -0.25) is 0 Å². The zero-order valence-corrected chi connectivity index (χ0v) is 7.15. The van der Waals surface area contributed by atoms with Gasteiger partial charge >= 0.3 is 6.18 Å². The lowest BCUT2D eigenvalue weighted by Crippen LogP contribution is -2.06. The van der Waals surface area contributed by atoms with Crippen LogP contribution >= 0.6 is 0 Å². The Balaban J connectivity index is 2.86. The van der Waals surface area contributed by atoms with Gasteiger partial charge in [0.1, 0.15) is 18.0 Å². The molecule has 0 saturated heterocycles.